The van der Waals surface area contributed by atoms with Crippen molar-refractivity contribution in [1.82, 2.24) is 4.40 Å². The van der Waals surface area contributed by atoms with Crippen molar-refractivity contribution in [3.05, 3.63) is 102 Å². The van der Waals surface area contributed by atoms with E-state index >= 15 is 0 Å². The van der Waals surface area contributed by atoms with Crippen LogP contribution < -0.4 is 0 Å². The van der Waals surface area contributed by atoms with Gasteiger partial charge in [-0.3, -0.25) is 0 Å². The molecule has 2 nitrogen and oxygen atoms in total. The molecule has 0 radical (unpaired) electrons. The van der Waals surface area contributed by atoms with E-state index in [1.165, 1.54) is 71.1 Å². The van der Waals surface area contributed by atoms with Gasteiger partial charge in [-0.05, 0) is 52.6 Å². The van der Waals surface area contributed by atoms with Crippen LogP contribution in [0.3, 0.4) is 0 Å². The molecule has 0 amide bonds. The molecule has 9 rings (SSSR count). The number of nitrogens with zero attached hydrogens (tertiary/aromatic N) is 1. The van der Waals surface area contributed by atoms with Gasteiger partial charge in [0.2, 0.25) is 0 Å². The lowest BCUT2D eigenvalue weighted by molar-refractivity contribution is 0.661. The third-order valence-corrected chi connectivity index (χ3v) is 8.53. The van der Waals surface area contributed by atoms with E-state index in [-0.39, 0.29) is 5.41 Å². The molecule has 8 aromatic rings. The fourth-order valence-electron chi connectivity index (χ4n) is 6.94. The zero-order valence-corrected chi connectivity index (χ0v) is 19.5. The number of hydrogen-bond acceptors (Lipinski definition) is 1. The molecular weight excluding hydrogens is 426 g/mol. The lowest BCUT2D eigenvalue weighted by Crippen LogP contribution is -2.14. The van der Waals surface area contributed by atoms with Gasteiger partial charge in [0.1, 0.15) is 11.2 Å². The third-order valence-electron chi connectivity index (χ3n) is 8.53. The summed E-state index contributed by atoms with van der Waals surface area (Å²) in [6.45, 7) is 4.71. The Morgan fingerprint density at radius 2 is 1.40 bits per heavy atom. The summed E-state index contributed by atoms with van der Waals surface area (Å²) in [4.78, 5) is 0. The van der Waals surface area contributed by atoms with Crippen LogP contribution in [-0.2, 0) is 5.41 Å². The molecule has 0 bridgehead atoms. The number of benzene rings is 5. The molecular formula is C33H21NO. The first kappa shape index (κ1) is 18.1. The van der Waals surface area contributed by atoms with E-state index in [0.29, 0.717) is 0 Å². The fourth-order valence-corrected chi connectivity index (χ4v) is 6.94. The Bertz CT molecular complexity index is 2190. The van der Waals surface area contributed by atoms with Crippen LogP contribution in [-0.4, -0.2) is 4.40 Å². The largest absolute Gasteiger partial charge is 0.455 e. The van der Waals surface area contributed by atoms with Crippen molar-refractivity contribution < 1.29 is 4.42 Å². The highest BCUT2D eigenvalue weighted by Gasteiger charge is 2.36. The Labute approximate surface area is 201 Å². The molecule has 0 saturated heterocycles. The first-order chi connectivity index (χ1) is 17.1. The summed E-state index contributed by atoms with van der Waals surface area (Å²) in [5, 5.41) is 7.48. The number of furan rings is 1. The van der Waals surface area contributed by atoms with Crippen LogP contribution >= 0.6 is 0 Å². The normalized spacial score (nSPS) is 14.8. The van der Waals surface area contributed by atoms with Gasteiger partial charge in [-0.25, -0.2) is 0 Å². The van der Waals surface area contributed by atoms with Crippen molar-refractivity contribution in [2.75, 3.05) is 0 Å². The lowest BCUT2D eigenvalue weighted by atomic mass is 9.82. The third kappa shape index (κ3) is 1.93. The van der Waals surface area contributed by atoms with Crippen LogP contribution in [0.5, 0.6) is 0 Å². The van der Waals surface area contributed by atoms with Crippen molar-refractivity contribution in [1.29, 1.82) is 0 Å². The zero-order chi connectivity index (χ0) is 23.1. The van der Waals surface area contributed by atoms with Gasteiger partial charge in [0, 0.05) is 32.3 Å². The zero-order valence-electron chi connectivity index (χ0n) is 19.5. The van der Waals surface area contributed by atoms with Gasteiger partial charge in [-0.1, -0.05) is 74.5 Å². The van der Waals surface area contributed by atoms with Crippen LogP contribution in [0.25, 0.3) is 71.2 Å². The maximum atomic E-state index is 6.47. The predicted molar refractivity (Wildman–Crippen MR) is 146 cm³/mol. The lowest BCUT2D eigenvalue weighted by Gasteiger charge is -2.21. The first-order valence-electron chi connectivity index (χ1n) is 12.3. The second-order valence-corrected chi connectivity index (χ2v) is 10.6. The van der Waals surface area contributed by atoms with E-state index in [4.69, 9.17) is 4.42 Å². The standard InChI is InChI=1S/C33H21NO/c1-33(2)25-12-5-3-8-18(25)23-17-28-24(16-26(23)33)20-10-7-11-22-30-27(34(28)31(20)22)15-14-21-19-9-4-6-13-29(19)35-32(21)30/h3-17H,1-2H3. The van der Waals surface area contributed by atoms with Gasteiger partial charge < -0.3 is 8.82 Å². The van der Waals surface area contributed by atoms with Crippen molar-refractivity contribution in [3.63, 3.8) is 0 Å². The van der Waals surface area contributed by atoms with Gasteiger partial charge in [0.05, 0.1) is 21.9 Å². The molecule has 0 atom stereocenters. The Morgan fingerprint density at radius 3 is 2.34 bits per heavy atom. The molecule has 3 aromatic heterocycles. The summed E-state index contributed by atoms with van der Waals surface area (Å²) in [6, 6.07) is 33.4. The second-order valence-electron chi connectivity index (χ2n) is 10.6. The molecule has 0 N–H and O–H groups in total. The molecule has 0 spiro atoms. The Hall–Kier alpha value is -4.30. The number of hydrogen-bond donors (Lipinski definition) is 0. The average Bonchev–Trinajstić information content (AvgIpc) is 3.58. The Kier molecular flexibility index (Phi) is 2.93. The van der Waals surface area contributed by atoms with Gasteiger partial charge in [-0.2, -0.15) is 0 Å². The summed E-state index contributed by atoms with van der Waals surface area (Å²) >= 11 is 0. The minimum Gasteiger partial charge on any atom is -0.455 e. The average molecular weight is 448 g/mol. The second kappa shape index (κ2) is 5.67. The van der Waals surface area contributed by atoms with E-state index in [0.717, 1.165) is 11.2 Å². The number of aromatic nitrogens is 1. The summed E-state index contributed by atoms with van der Waals surface area (Å²) < 4.78 is 8.94. The summed E-state index contributed by atoms with van der Waals surface area (Å²) in [5.74, 6) is 0. The minimum absolute atomic E-state index is 0.00534. The molecule has 0 unspecified atom stereocenters. The smallest absolute Gasteiger partial charge is 0.145 e. The van der Waals surface area contributed by atoms with E-state index in [2.05, 4.69) is 103 Å². The molecule has 0 aliphatic heterocycles. The van der Waals surface area contributed by atoms with Gasteiger partial charge in [0.15, 0.2) is 0 Å². The van der Waals surface area contributed by atoms with Gasteiger partial charge >= 0.3 is 0 Å². The summed E-state index contributed by atoms with van der Waals surface area (Å²) in [6.07, 6.45) is 0. The molecule has 1 aliphatic rings. The molecule has 164 valence electrons. The van der Waals surface area contributed by atoms with Crippen LogP contribution in [0.1, 0.15) is 25.0 Å². The van der Waals surface area contributed by atoms with Gasteiger partial charge in [0.25, 0.3) is 0 Å². The molecule has 2 heteroatoms. The first-order valence-corrected chi connectivity index (χ1v) is 12.3. The quantitative estimate of drug-likeness (QED) is 0.227. The molecule has 0 saturated carbocycles. The molecule has 35 heavy (non-hydrogen) atoms. The van der Waals surface area contributed by atoms with Crippen molar-refractivity contribution >= 4 is 60.0 Å². The highest BCUT2D eigenvalue weighted by molar-refractivity contribution is 6.29. The maximum Gasteiger partial charge on any atom is 0.145 e. The monoisotopic (exact) mass is 447 g/mol. The van der Waals surface area contributed by atoms with Crippen LogP contribution in [0.2, 0.25) is 0 Å². The Morgan fingerprint density at radius 1 is 0.600 bits per heavy atom. The summed E-state index contributed by atoms with van der Waals surface area (Å²) in [7, 11) is 0. The number of fused-ring (bicyclic) bond motifs is 13. The SMILES string of the molecule is CC1(C)c2ccccc2-c2cc3c(cc21)c1cccc2c4c5oc6ccccc6c5ccc4n3c12. The van der Waals surface area contributed by atoms with E-state index in [1.807, 2.05) is 6.07 Å². The van der Waals surface area contributed by atoms with Crippen molar-refractivity contribution in [2.45, 2.75) is 19.3 Å². The molecule has 5 aromatic carbocycles. The Balaban J connectivity index is 1.52. The maximum absolute atomic E-state index is 6.47. The van der Waals surface area contributed by atoms with E-state index in [1.54, 1.807) is 0 Å². The minimum atomic E-state index is -0.00534. The highest BCUT2D eigenvalue weighted by atomic mass is 16.3. The van der Waals surface area contributed by atoms with Crippen LogP contribution in [0, 0.1) is 0 Å². The summed E-state index contributed by atoms with van der Waals surface area (Å²) in [5.41, 5.74) is 11.3. The predicted octanol–water partition coefficient (Wildman–Crippen LogP) is 9.04. The topological polar surface area (TPSA) is 17.6 Å². The van der Waals surface area contributed by atoms with Crippen LogP contribution in [0.4, 0.5) is 0 Å². The van der Waals surface area contributed by atoms with Gasteiger partial charge in [-0.15, -0.1) is 0 Å². The fraction of sp³-hybridized carbons (Fsp3) is 0.0909. The highest BCUT2D eigenvalue weighted by Crippen LogP contribution is 2.52. The van der Waals surface area contributed by atoms with E-state index < -0.39 is 0 Å². The van der Waals surface area contributed by atoms with E-state index in [9.17, 15) is 0 Å². The van der Waals surface area contributed by atoms with Crippen LogP contribution in [0.15, 0.2) is 95.4 Å². The number of rotatable bonds is 0. The van der Waals surface area contributed by atoms with Crippen molar-refractivity contribution in [3.8, 4) is 11.1 Å². The van der Waals surface area contributed by atoms with Crippen molar-refractivity contribution in [2.24, 2.45) is 0 Å². The molecule has 0 fully saturated rings. The molecule has 1 aliphatic carbocycles. The molecule has 3 heterocycles. The number of para-hydroxylation sites is 2.